The Kier molecular flexibility index (Phi) is 4.06. The van der Waals surface area contributed by atoms with Crippen molar-refractivity contribution in [3.8, 4) is 0 Å². The van der Waals surface area contributed by atoms with Crippen LogP contribution in [0.5, 0.6) is 0 Å². The molecule has 0 spiro atoms. The number of aromatic nitrogens is 2. The molecule has 1 N–H and O–H groups in total. The molecule has 3 aromatic rings. The number of amides is 1. The minimum Gasteiger partial charge on any atom is -0.467 e. The maximum atomic E-state index is 12.3. The number of aryl methyl sites for hydroxylation is 2. The van der Waals surface area contributed by atoms with Gasteiger partial charge in [0.1, 0.15) is 5.76 Å². The summed E-state index contributed by atoms with van der Waals surface area (Å²) >= 11 is 0. The van der Waals surface area contributed by atoms with E-state index in [2.05, 4.69) is 5.32 Å². The highest BCUT2D eigenvalue weighted by molar-refractivity contribution is 5.78. The summed E-state index contributed by atoms with van der Waals surface area (Å²) in [6.07, 6.45) is 1.81. The number of carbonyl (C=O) groups excluding carboxylic acids is 1. The lowest BCUT2D eigenvalue weighted by Crippen LogP contribution is -2.29. The van der Waals surface area contributed by atoms with Gasteiger partial charge in [0.15, 0.2) is 0 Å². The first-order valence-corrected chi connectivity index (χ1v) is 7.55. The van der Waals surface area contributed by atoms with Crippen LogP contribution in [0.1, 0.15) is 25.1 Å². The van der Waals surface area contributed by atoms with Gasteiger partial charge in [-0.25, -0.2) is 4.79 Å². The Morgan fingerprint density at radius 1 is 1.22 bits per heavy atom. The Morgan fingerprint density at radius 2 is 1.96 bits per heavy atom. The van der Waals surface area contributed by atoms with Crippen molar-refractivity contribution in [3.63, 3.8) is 0 Å². The summed E-state index contributed by atoms with van der Waals surface area (Å²) in [5.74, 6) is 0.592. The Balaban J connectivity index is 1.70. The molecule has 0 saturated heterocycles. The van der Waals surface area contributed by atoms with Gasteiger partial charge < -0.3 is 9.73 Å². The number of hydrogen-bond donors (Lipinski definition) is 1. The quantitative estimate of drug-likeness (QED) is 0.785. The van der Waals surface area contributed by atoms with Gasteiger partial charge in [-0.2, -0.15) is 0 Å². The lowest BCUT2D eigenvalue weighted by atomic mass is 10.2. The van der Waals surface area contributed by atoms with E-state index in [1.807, 2.05) is 37.3 Å². The number of nitrogens with zero attached hydrogens (tertiary/aromatic N) is 2. The number of nitrogens with one attached hydrogen (secondary N) is 1. The summed E-state index contributed by atoms with van der Waals surface area (Å²) in [6, 6.07) is 11.0. The van der Waals surface area contributed by atoms with Crippen LogP contribution in [-0.4, -0.2) is 15.0 Å². The van der Waals surface area contributed by atoms with Crippen molar-refractivity contribution >= 4 is 16.9 Å². The van der Waals surface area contributed by atoms with Gasteiger partial charge in [0, 0.05) is 20.0 Å². The van der Waals surface area contributed by atoms with Gasteiger partial charge in [0.05, 0.1) is 23.3 Å². The fraction of sp³-hybridized carbons (Fsp3) is 0.294. The summed E-state index contributed by atoms with van der Waals surface area (Å²) in [5, 5.41) is 2.87. The summed E-state index contributed by atoms with van der Waals surface area (Å²) < 4.78 is 8.49. The molecular weight excluding hydrogens is 294 g/mol. The molecule has 1 amide bonds. The van der Waals surface area contributed by atoms with Gasteiger partial charge in [-0.1, -0.05) is 12.1 Å². The molecule has 23 heavy (non-hydrogen) atoms. The third kappa shape index (κ3) is 2.92. The topological polar surface area (TPSA) is 69.2 Å². The van der Waals surface area contributed by atoms with Crippen molar-refractivity contribution in [2.75, 3.05) is 0 Å². The average Bonchev–Trinajstić information content (AvgIpc) is 3.15. The second kappa shape index (κ2) is 6.16. The number of para-hydroxylation sites is 2. The van der Waals surface area contributed by atoms with E-state index in [9.17, 15) is 9.59 Å². The second-order valence-electron chi connectivity index (χ2n) is 5.54. The number of fused-ring (bicyclic) bond motifs is 1. The van der Waals surface area contributed by atoms with Crippen LogP contribution in [0, 0.1) is 0 Å². The Labute approximate surface area is 133 Å². The van der Waals surface area contributed by atoms with Crippen molar-refractivity contribution in [1.29, 1.82) is 0 Å². The standard InChI is InChI=1S/C17H19N3O3/c1-12(15-8-5-11-23-15)18-16(21)9-10-20-14-7-4-3-6-13(14)19(2)17(20)22/h3-8,11-12H,9-10H2,1-2H3,(H,18,21)/t12-/m0/s1. The van der Waals surface area contributed by atoms with Crippen molar-refractivity contribution in [1.82, 2.24) is 14.5 Å². The summed E-state index contributed by atoms with van der Waals surface area (Å²) in [6.45, 7) is 2.21. The number of rotatable bonds is 5. The van der Waals surface area contributed by atoms with Crippen molar-refractivity contribution in [2.24, 2.45) is 7.05 Å². The minimum absolute atomic E-state index is 0.113. The SMILES string of the molecule is C[C@H](NC(=O)CCn1c(=O)n(C)c2ccccc21)c1ccco1. The molecule has 6 nitrogen and oxygen atoms in total. The van der Waals surface area contributed by atoms with Gasteiger partial charge >= 0.3 is 5.69 Å². The second-order valence-corrected chi connectivity index (χ2v) is 5.54. The minimum atomic E-state index is -0.193. The fourth-order valence-corrected chi connectivity index (χ4v) is 2.72. The van der Waals surface area contributed by atoms with E-state index >= 15 is 0 Å². The molecule has 0 saturated carbocycles. The van der Waals surface area contributed by atoms with E-state index < -0.39 is 0 Å². The van der Waals surface area contributed by atoms with E-state index in [0.29, 0.717) is 12.3 Å². The normalized spacial score (nSPS) is 12.4. The van der Waals surface area contributed by atoms with Gasteiger partial charge in [-0.15, -0.1) is 0 Å². The van der Waals surface area contributed by atoms with Crippen LogP contribution in [0.2, 0.25) is 0 Å². The molecule has 0 aliphatic rings. The molecule has 3 rings (SSSR count). The van der Waals surface area contributed by atoms with Gasteiger partial charge in [-0.3, -0.25) is 13.9 Å². The van der Waals surface area contributed by atoms with Crippen molar-refractivity contribution in [2.45, 2.75) is 25.9 Å². The summed E-state index contributed by atoms with van der Waals surface area (Å²) in [4.78, 5) is 24.4. The zero-order valence-electron chi connectivity index (χ0n) is 13.2. The highest BCUT2D eigenvalue weighted by Gasteiger charge is 2.14. The molecule has 1 atom stereocenters. The van der Waals surface area contributed by atoms with E-state index in [4.69, 9.17) is 4.42 Å². The predicted octanol–water partition coefficient (Wildman–Crippen LogP) is 2.20. The molecular formula is C17H19N3O3. The van der Waals surface area contributed by atoms with Gasteiger partial charge in [-0.05, 0) is 31.2 Å². The maximum Gasteiger partial charge on any atom is 0.328 e. The molecule has 0 aliphatic carbocycles. The van der Waals surface area contributed by atoms with E-state index in [0.717, 1.165) is 11.0 Å². The average molecular weight is 313 g/mol. The highest BCUT2D eigenvalue weighted by Crippen LogP contribution is 2.14. The lowest BCUT2D eigenvalue weighted by Gasteiger charge is -2.11. The first kappa shape index (κ1) is 15.1. The molecule has 120 valence electrons. The Bertz CT molecular complexity index is 874. The number of benzene rings is 1. The number of carbonyl (C=O) groups is 1. The van der Waals surface area contributed by atoms with Crippen LogP contribution in [0.3, 0.4) is 0 Å². The van der Waals surface area contributed by atoms with Crippen LogP contribution in [0.25, 0.3) is 11.0 Å². The number of imidazole rings is 1. The number of hydrogen-bond acceptors (Lipinski definition) is 3. The molecule has 0 aliphatic heterocycles. The van der Waals surface area contributed by atoms with E-state index in [-0.39, 0.29) is 24.1 Å². The van der Waals surface area contributed by atoms with Crippen LogP contribution < -0.4 is 11.0 Å². The van der Waals surface area contributed by atoms with Crippen molar-refractivity contribution in [3.05, 3.63) is 58.9 Å². The molecule has 1 aromatic carbocycles. The third-order valence-electron chi connectivity index (χ3n) is 3.96. The molecule has 2 heterocycles. The molecule has 0 bridgehead atoms. The molecule has 0 unspecified atom stereocenters. The zero-order valence-corrected chi connectivity index (χ0v) is 13.2. The van der Waals surface area contributed by atoms with Crippen molar-refractivity contribution < 1.29 is 9.21 Å². The molecule has 0 fully saturated rings. The first-order valence-electron chi connectivity index (χ1n) is 7.55. The first-order chi connectivity index (χ1) is 11.1. The fourth-order valence-electron chi connectivity index (χ4n) is 2.72. The Morgan fingerprint density at radius 3 is 2.65 bits per heavy atom. The van der Waals surface area contributed by atoms with Crippen LogP contribution in [-0.2, 0) is 18.4 Å². The third-order valence-corrected chi connectivity index (χ3v) is 3.96. The summed E-state index contributed by atoms with van der Waals surface area (Å²) in [5.41, 5.74) is 1.59. The van der Waals surface area contributed by atoms with Crippen LogP contribution >= 0.6 is 0 Å². The van der Waals surface area contributed by atoms with Gasteiger partial charge in [0.25, 0.3) is 0 Å². The summed E-state index contributed by atoms with van der Waals surface area (Å²) in [7, 11) is 1.74. The zero-order chi connectivity index (χ0) is 16.4. The maximum absolute atomic E-state index is 12.3. The molecule has 2 aromatic heterocycles. The van der Waals surface area contributed by atoms with Crippen LogP contribution in [0.15, 0.2) is 51.9 Å². The smallest absolute Gasteiger partial charge is 0.328 e. The monoisotopic (exact) mass is 313 g/mol. The molecule has 6 heteroatoms. The van der Waals surface area contributed by atoms with E-state index in [1.54, 1.807) is 28.5 Å². The lowest BCUT2D eigenvalue weighted by molar-refractivity contribution is -0.122. The predicted molar refractivity (Wildman–Crippen MR) is 87.1 cm³/mol. The largest absolute Gasteiger partial charge is 0.467 e. The number of furan rings is 1. The highest BCUT2D eigenvalue weighted by atomic mass is 16.3. The van der Waals surface area contributed by atoms with Crippen LogP contribution in [0.4, 0.5) is 0 Å². The van der Waals surface area contributed by atoms with E-state index in [1.165, 1.54) is 0 Å². The van der Waals surface area contributed by atoms with Gasteiger partial charge in [0.2, 0.25) is 5.91 Å². The Hall–Kier alpha value is -2.76. The molecule has 0 radical (unpaired) electrons.